The molecule has 0 aliphatic rings. The van der Waals surface area contributed by atoms with Crippen LogP contribution in [0.25, 0.3) is 0 Å². The zero-order chi connectivity index (χ0) is 15.8. The molecule has 0 bridgehead atoms. The number of carboxylic acid groups (broad SMARTS) is 1. The van der Waals surface area contributed by atoms with Crippen LogP contribution in [0.15, 0.2) is 12.1 Å². The van der Waals surface area contributed by atoms with Gasteiger partial charge in [0.2, 0.25) is 0 Å². The number of pyridine rings is 1. The summed E-state index contributed by atoms with van der Waals surface area (Å²) in [6, 6.07) is 3.45. The predicted octanol–water partition coefficient (Wildman–Crippen LogP) is 2.65. The van der Waals surface area contributed by atoms with Gasteiger partial charge in [-0.25, -0.2) is 9.78 Å². The average molecular weight is 293 g/mol. The van der Waals surface area contributed by atoms with Gasteiger partial charge in [-0.15, -0.1) is 0 Å². The van der Waals surface area contributed by atoms with Crippen LogP contribution in [0.1, 0.15) is 43.2 Å². The Labute approximate surface area is 127 Å². The van der Waals surface area contributed by atoms with E-state index in [0.29, 0.717) is 5.69 Å². The minimum absolute atomic E-state index is 0.276. The molecule has 5 heteroatoms. The van der Waals surface area contributed by atoms with Gasteiger partial charge in [0.05, 0.1) is 11.3 Å². The van der Waals surface area contributed by atoms with Crippen molar-refractivity contribution in [2.45, 2.75) is 34.1 Å². The third-order valence-electron chi connectivity index (χ3n) is 3.80. The molecule has 1 aromatic heterocycles. The van der Waals surface area contributed by atoms with E-state index in [4.69, 9.17) is 5.11 Å². The van der Waals surface area contributed by atoms with Crippen molar-refractivity contribution >= 4 is 11.8 Å². The maximum atomic E-state index is 11.0. The van der Waals surface area contributed by atoms with Gasteiger partial charge in [-0.05, 0) is 52.0 Å². The van der Waals surface area contributed by atoms with Crippen LogP contribution in [0.5, 0.6) is 0 Å². The molecule has 1 rings (SSSR count). The molecular formula is C16H27N3O2. The molecule has 1 heterocycles. The van der Waals surface area contributed by atoms with Crippen molar-refractivity contribution in [2.75, 3.05) is 37.6 Å². The lowest BCUT2D eigenvalue weighted by Crippen LogP contribution is -2.30. The highest BCUT2D eigenvalue weighted by Crippen LogP contribution is 2.15. The smallest absolute Gasteiger partial charge is 0.337 e. The fourth-order valence-electron chi connectivity index (χ4n) is 2.41. The maximum absolute atomic E-state index is 11.0. The zero-order valence-corrected chi connectivity index (χ0v) is 13.6. The van der Waals surface area contributed by atoms with Crippen molar-refractivity contribution < 1.29 is 9.90 Å². The van der Waals surface area contributed by atoms with Gasteiger partial charge < -0.3 is 14.9 Å². The van der Waals surface area contributed by atoms with Crippen LogP contribution in [0.4, 0.5) is 5.82 Å². The van der Waals surface area contributed by atoms with Crippen molar-refractivity contribution in [3.05, 3.63) is 23.4 Å². The zero-order valence-electron chi connectivity index (χ0n) is 13.6. The molecule has 0 atom stereocenters. The highest BCUT2D eigenvalue weighted by molar-refractivity contribution is 5.89. The number of carboxylic acids is 1. The van der Waals surface area contributed by atoms with Gasteiger partial charge in [0.25, 0.3) is 0 Å². The summed E-state index contributed by atoms with van der Waals surface area (Å²) in [6.07, 6.45) is 1.08. The molecule has 5 nitrogen and oxygen atoms in total. The topological polar surface area (TPSA) is 56.7 Å². The van der Waals surface area contributed by atoms with Gasteiger partial charge in [0, 0.05) is 13.1 Å². The van der Waals surface area contributed by atoms with Gasteiger partial charge in [-0.2, -0.15) is 0 Å². The highest BCUT2D eigenvalue weighted by atomic mass is 16.4. The molecule has 0 aliphatic carbocycles. The standard InChI is InChI=1S/C16H27N3O2/c1-5-18(6-2)11-8-12-19(7-3)15-10-9-14(16(20)21)13(4)17-15/h9-10H,5-8,11-12H2,1-4H3,(H,20,21). The van der Waals surface area contributed by atoms with Crippen molar-refractivity contribution in [1.82, 2.24) is 9.88 Å². The minimum atomic E-state index is -0.920. The van der Waals surface area contributed by atoms with E-state index in [1.807, 2.05) is 0 Å². The number of nitrogens with zero attached hydrogens (tertiary/aromatic N) is 3. The Morgan fingerprint density at radius 3 is 2.29 bits per heavy atom. The average Bonchev–Trinajstić information content (AvgIpc) is 2.47. The molecule has 118 valence electrons. The Morgan fingerprint density at radius 1 is 1.14 bits per heavy atom. The summed E-state index contributed by atoms with van der Waals surface area (Å²) in [5, 5.41) is 9.05. The van der Waals surface area contributed by atoms with E-state index < -0.39 is 5.97 Å². The van der Waals surface area contributed by atoms with Crippen LogP contribution in [-0.2, 0) is 0 Å². The third kappa shape index (κ3) is 5.01. The number of aromatic nitrogens is 1. The summed E-state index contributed by atoms with van der Waals surface area (Å²) in [5.41, 5.74) is 0.847. The van der Waals surface area contributed by atoms with E-state index in [2.05, 4.69) is 35.6 Å². The molecule has 0 spiro atoms. The molecule has 0 aliphatic heterocycles. The minimum Gasteiger partial charge on any atom is -0.478 e. The van der Waals surface area contributed by atoms with Crippen LogP contribution in [-0.4, -0.2) is 53.7 Å². The molecule has 0 saturated heterocycles. The second-order valence-electron chi connectivity index (χ2n) is 5.07. The molecule has 0 unspecified atom stereocenters. The van der Waals surface area contributed by atoms with E-state index in [1.165, 1.54) is 0 Å². The molecular weight excluding hydrogens is 266 g/mol. The van der Waals surface area contributed by atoms with E-state index >= 15 is 0 Å². The maximum Gasteiger partial charge on any atom is 0.337 e. The molecule has 1 aromatic rings. The van der Waals surface area contributed by atoms with E-state index in [9.17, 15) is 4.79 Å². The molecule has 21 heavy (non-hydrogen) atoms. The Kier molecular flexibility index (Phi) is 7.15. The van der Waals surface area contributed by atoms with Crippen LogP contribution in [0, 0.1) is 6.92 Å². The summed E-state index contributed by atoms with van der Waals surface area (Å²) < 4.78 is 0. The molecule has 0 saturated carbocycles. The first kappa shape index (κ1) is 17.4. The van der Waals surface area contributed by atoms with Crippen LogP contribution < -0.4 is 4.90 Å². The summed E-state index contributed by atoms with van der Waals surface area (Å²) in [7, 11) is 0. The molecule has 0 amide bonds. The normalized spacial score (nSPS) is 10.9. The van der Waals surface area contributed by atoms with Gasteiger partial charge in [-0.3, -0.25) is 0 Å². The molecule has 0 fully saturated rings. The lowest BCUT2D eigenvalue weighted by molar-refractivity contribution is 0.0695. The predicted molar refractivity (Wildman–Crippen MR) is 86.2 cm³/mol. The largest absolute Gasteiger partial charge is 0.478 e. The number of aryl methyl sites for hydroxylation is 1. The van der Waals surface area contributed by atoms with Crippen LogP contribution in [0.2, 0.25) is 0 Å². The number of anilines is 1. The second kappa shape index (κ2) is 8.62. The molecule has 0 radical (unpaired) electrons. The fourth-order valence-corrected chi connectivity index (χ4v) is 2.41. The number of hydrogen-bond donors (Lipinski definition) is 1. The van der Waals surface area contributed by atoms with E-state index in [1.54, 1.807) is 19.1 Å². The van der Waals surface area contributed by atoms with Gasteiger partial charge in [0.15, 0.2) is 0 Å². The first-order chi connectivity index (χ1) is 10.0. The van der Waals surface area contributed by atoms with Gasteiger partial charge >= 0.3 is 5.97 Å². The first-order valence-electron chi connectivity index (χ1n) is 7.71. The van der Waals surface area contributed by atoms with Crippen LogP contribution in [0.3, 0.4) is 0 Å². The Morgan fingerprint density at radius 2 is 1.81 bits per heavy atom. The van der Waals surface area contributed by atoms with Gasteiger partial charge in [-0.1, -0.05) is 13.8 Å². The Hall–Kier alpha value is -1.62. The fraction of sp³-hybridized carbons (Fsp3) is 0.625. The number of carbonyl (C=O) groups is 1. The monoisotopic (exact) mass is 293 g/mol. The quantitative estimate of drug-likeness (QED) is 0.758. The van der Waals surface area contributed by atoms with Gasteiger partial charge in [0.1, 0.15) is 5.82 Å². The summed E-state index contributed by atoms with van der Waals surface area (Å²) in [4.78, 5) is 20.1. The third-order valence-corrected chi connectivity index (χ3v) is 3.80. The van der Waals surface area contributed by atoms with Crippen molar-refractivity contribution in [2.24, 2.45) is 0 Å². The summed E-state index contributed by atoms with van der Waals surface area (Å²) >= 11 is 0. The lowest BCUT2D eigenvalue weighted by atomic mass is 10.2. The lowest BCUT2D eigenvalue weighted by Gasteiger charge is -2.24. The van der Waals surface area contributed by atoms with Crippen LogP contribution >= 0.6 is 0 Å². The molecule has 1 N–H and O–H groups in total. The van der Waals surface area contributed by atoms with E-state index in [0.717, 1.165) is 45.0 Å². The van der Waals surface area contributed by atoms with Crippen molar-refractivity contribution in [3.8, 4) is 0 Å². The Balaban J connectivity index is 2.68. The summed E-state index contributed by atoms with van der Waals surface area (Å²) in [6.45, 7) is 13.2. The molecule has 0 aromatic carbocycles. The number of hydrogen-bond acceptors (Lipinski definition) is 4. The number of aromatic carboxylic acids is 1. The first-order valence-corrected chi connectivity index (χ1v) is 7.71. The van der Waals surface area contributed by atoms with Crippen molar-refractivity contribution in [3.63, 3.8) is 0 Å². The Bertz CT molecular complexity index is 459. The second-order valence-corrected chi connectivity index (χ2v) is 5.07. The SMILES string of the molecule is CCN(CC)CCCN(CC)c1ccc(C(=O)O)c(C)n1. The number of rotatable bonds is 9. The van der Waals surface area contributed by atoms with Crippen molar-refractivity contribution in [1.29, 1.82) is 0 Å². The summed E-state index contributed by atoms with van der Waals surface area (Å²) in [5.74, 6) is -0.0596. The highest BCUT2D eigenvalue weighted by Gasteiger charge is 2.12. The van der Waals surface area contributed by atoms with E-state index in [-0.39, 0.29) is 5.56 Å².